The van der Waals surface area contributed by atoms with Crippen LogP contribution in [-0.4, -0.2) is 27.5 Å². The van der Waals surface area contributed by atoms with Crippen molar-refractivity contribution in [1.29, 1.82) is 0 Å². The molecule has 0 aliphatic carbocycles. The molecule has 18 heavy (non-hydrogen) atoms. The highest BCUT2D eigenvalue weighted by Gasteiger charge is 2.13. The Balaban J connectivity index is 2.74. The summed E-state index contributed by atoms with van der Waals surface area (Å²) >= 11 is 6.00. The van der Waals surface area contributed by atoms with Crippen molar-refractivity contribution in [2.45, 2.75) is 25.8 Å². The monoisotopic (exact) mass is 289 g/mol. The third-order valence-electron chi connectivity index (χ3n) is 2.97. The molecule has 1 N–H and O–H groups in total. The minimum absolute atomic E-state index is 0.144. The molecule has 0 heterocycles. The second-order valence-corrected chi connectivity index (χ2v) is 7.31. The standard InChI is InChI=1S/C13H20ClNO2S/c1-10-6-7-11(14)9-12(10)13(15-2)5-4-8-18(3,16)17/h6-7,9,13,15H,4-5,8H2,1-3H3. The molecule has 0 saturated carbocycles. The van der Waals surface area contributed by atoms with Crippen LogP contribution < -0.4 is 5.32 Å². The summed E-state index contributed by atoms with van der Waals surface area (Å²) in [5.74, 6) is 0.227. The van der Waals surface area contributed by atoms with Crippen LogP contribution in [0, 0.1) is 6.92 Å². The van der Waals surface area contributed by atoms with E-state index >= 15 is 0 Å². The number of sulfone groups is 1. The summed E-state index contributed by atoms with van der Waals surface area (Å²) in [5, 5.41) is 3.93. The molecule has 0 saturated heterocycles. The topological polar surface area (TPSA) is 46.2 Å². The van der Waals surface area contributed by atoms with E-state index in [0.29, 0.717) is 11.4 Å². The molecule has 1 unspecified atom stereocenters. The first-order valence-electron chi connectivity index (χ1n) is 5.94. The summed E-state index contributed by atoms with van der Waals surface area (Å²) in [6.07, 6.45) is 2.70. The lowest BCUT2D eigenvalue weighted by Crippen LogP contribution is -2.18. The zero-order valence-electron chi connectivity index (χ0n) is 11.0. The van der Waals surface area contributed by atoms with Crippen LogP contribution in [0.15, 0.2) is 18.2 Å². The smallest absolute Gasteiger partial charge is 0.147 e. The lowest BCUT2D eigenvalue weighted by atomic mass is 9.98. The maximum Gasteiger partial charge on any atom is 0.147 e. The Morgan fingerprint density at radius 3 is 2.61 bits per heavy atom. The van der Waals surface area contributed by atoms with E-state index < -0.39 is 9.84 Å². The first kappa shape index (κ1) is 15.5. The van der Waals surface area contributed by atoms with E-state index in [1.165, 1.54) is 6.26 Å². The zero-order valence-corrected chi connectivity index (χ0v) is 12.6. The van der Waals surface area contributed by atoms with Gasteiger partial charge in [-0.15, -0.1) is 0 Å². The fourth-order valence-corrected chi connectivity index (χ4v) is 2.86. The Morgan fingerprint density at radius 1 is 1.39 bits per heavy atom. The number of benzene rings is 1. The zero-order chi connectivity index (χ0) is 13.8. The molecular formula is C13H20ClNO2S. The number of aryl methyl sites for hydroxylation is 1. The van der Waals surface area contributed by atoms with E-state index in [1.807, 2.05) is 32.2 Å². The van der Waals surface area contributed by atoms with E-state index in [4.69, 9.17) is 11.6 Å². The van der Waals surface area contributed by atoms with Crippen LogP contribution >= 0.6 is 11.6 Å². The second-order valence-electron chi connectivity index (χ2n) is 4.61. The molecule has 0 aliphatic rings. The van der Waals surface area contributed by atoms with Crippen LogP contribution in [0.5, 0.6) is 0 Å². The van der Waals surface area contributed by atoms with Gasteiger partial charge in [-0.1, -0.05) is 17.7 Å². The van der Waals surface area contributed by atoms with Crippen LogP contribution in [-0.2, 0) is 9.84 Å². The fraction of sp³-hybridized carbons (Fsp3) is 0.538. The number of nitrogens with one attached hydrogen (secondary N) is 1. The first-order valence-corrected chi connectivity index (χ1v) is 8.38. The van der Waals surface area contributed by atoms with Crippen molar-refractivity contribution in [3.05, 3.63) is 34.3 Å². The minimum atomic E-state index is -2.88. The van der Waals surface area contributed by atoms with Crippen molar-refractivity contribution in [2.24, 2.45) is 0 Å². The highest BCUT2D eigenvalue weighted by Crippen LogP contribution is 2.25. The van der Waals surface area contributed by atoms with Gasteiger partial charge in [0.25, 0.3) is 0 Å². The van der Waals surface area contributed by atoms with Crippen LogP contribution in [0.1, 0.15) is 30.0 Å². The molecule has 0 amide bonds. The number of rotatable bonds is 6. The summed E-state index contributed by atoms with van der Waals surface area (Å²) in [6, 6.07) is 5.94. The van der Waals surface area contributed by atoms with E-state index in [1.54, 1.807) is 0 Å². The summed E-state index contributed by atoms with van der Waals surface area (Å²) in [6.45, 7) is 2.03. The summed E-state index contributed by atoms with van der Waals surface area (Å²) < 4.78 is 22.2. The molecule has 1 atom stereocenters. The molecule has 1 aromatic carbocycles. The van der Waals surface area contributed by atoms with E-state index in [2.05, 4.69) is 5.32 Å². The molecule has 5 heteroatoms. The molecule has 0 fully saturated rings. The van der Waals surface area contributed by atoms with E-state index in [0.717, 1.165) is 17.5 Å². The lowest BCUT2D eigenvalue weighted by molar-refractivity contribution is 0.534. The van der Waals surface area contributed by atoms with Gasteiger partial charge >= 0.3 is 0 Å². The van der Waals surface area contributed by atoms with Gasteiger partial charge in [0, 0.05) is 23.1 Å². The van der Waals surface area contributed by atoms with Gasteiger partial charge in [0.1, 0.15) is 9.84 Å². The van der Waals surface area contributed by atoms with Gasteiger partial charge in [-0.25, -0.2) is 8.42 Å². The third-order valence-corrected chi connectivity index (χ3v) is 4.24. The third kappa shape index (κ3) is 4.96. The molecule has 0 aliphatic heterocycles. The fourth-order valence-electron chi connectivity index (χ4n) is 1.99. The molecule has 1 rings (SSSR count). The maximum absolute atomic E-state index is 11.1. The maximum atomic E-state index is 11.1. The largest absolute Gasteiger partial charge is 0.313 e. The van der Waals surface area contributed by atoms with Gasteiger partial charge in [-0.05, 0) is 50.1 Å². The van der Waals surface area contributed by atoms with Crippen LogP contribution in [0.3, 0.4) is 0 Å². The van der Waals surface area contributed by atoms with Gasteiger partial charge in [-0.3, -0.25) is 0 Å². The Kier molecular flexibility index (Phi) is 5.63. The predicted octanol–water partition coefficient (Wildman–Crippen LogP) is 2.73. The summed E-state index contributed by atoms with van der Waals surface area (Å²) in [5.41, 5.74) is 2.30. The van der Waals surface area contributed by atoms with Gasteiger partial charge < -0.3 is 5.32 Å². The van der Waals surface area contributed by atoms with Crippen molar-refractivity contribution in [1.82, 2.24) is 5.32 Å². The van der Waals surface area contributed by atoms with Crippen LogP contribution in [0.4, 0.5) is 0 Å². The first-order chi connectivity index (χ1) is 8.33. The number of hydrogen-bond donors (Lipinski definition) is 1. The molecule has 102 valence electrons. The average molecular weight is 290 g/mol. The van der Waals surface area contributed by atoms with Crippen molar-refractivity contribution in [2.75, 3.05) is 19.1 Å². The molecule has 1 aromatic rings. The Bertz CT molecular complexity index is 500. The Morgan fingerprint density at radius 2 is 2.06 bits per heavy atom. The van der Waals surface area contributed by atoms with E-state index in [-0.39, 0.29) is 11.8 Å². The highest BCUT2D eigenvalue weighted by atomic mass is 35.5. The van der Waals surface area contributed by atoms with Crippen LogP contribution in [0.25, 0.3) is 0 Å². The lowest BCUT2D eigenvalue weighted by Gasteiger charge is -2.19. The second kappa shape index (κ2) is 6.55. The van der Waals surface area contributed by atoms with Gasteiger partial charge in [0.2, 0.25) is 0 Å². The average Bonchev–Trinajstić information content (AvgIpc) is 2.27. The Hall–Kier alpha value is -0.580. The van der Waals surface area contributed by atoms with E-state index in [9.17, 15) is 8.42 Å². The minimum Gasteiger partial charge on any atom is -0.313 e. The number of hydrogen-bond acceptors (Lipinski definition) is 3. The molecular weight excluding hydrogens is 270 g/mol. The van der Waals surface area contributed by atoms with Gasteiger partial charge in [0.15, 0.2) is 0 Å². The molecule has 0 spiro atoms. The summed E-state index contributed by atoms with van der Waals surface area (Å²) in [7, 11) is -1.00. The molecule has 0 bridgehead atoms. The number of halogens is 1. The SMILES string of the molecule is CNC(CCCS(C)(=O)=O)c1cc(Cl)ccc1C. The highest BCUT2D eigenvalue weighted by molar-refractivity contribution is 7.90. The van der Waals surface area contributed by atoms with Crippen molar-refractivity contribution < 1.29 is 8.42 Å². The van der Waals surface area contributed by atoms with Crippen LogP contribution in [0.2, 0.25) is 5.02 Å². The van der Waals surface area contributed by atoms with Crippen molar-refractivity contribution >= 4 is 21.4 Å². The Labute approximate surface area is 114 Å². The van der Waals surface area contributed by atoms with Crippen molar-refractivity contribution in [3.8, 4) is 0 Å². The molecule has 0 radical (unpaired) electrons. The van der Waals surface area contributed by atoms with Gasteiger partial charge in [0.05, 0.1) is 0 Å². The quantitative estimate of drug-likeness (QED) is 0.876. The predicted molar refractivity (Wildman–Crippen MR) is 76.9 cm³/mol. The normalized spacial score (nSPS) is 13.6. The van der Waals surface area contributed by atoms with Crippen molar-refractivity contribution in [3.63, 3.8) is 0 Å². The van der Waals surface area contributed by atoms with Gasteiger partial charge in [-0.2, -0.15) is 0 Å². The summed E-state index contributed by atoms with van der Waals surface area (Å²) in [4.78, 5) is 0. The molecule has 0 aromatic heterocycles. The molecule has 3 nitrogen and oxygen atoms in total.